The number of aromatic nitrogens is 1. The van der Waals surface area contributed by atoms with Gasteiger partial charge in [-0.3, -0.25) is 9.59 Å². The van der Waals surface area contributed by atoms with Crippen molar-refractivity contribution in [2.75, 3.05) is 11.1 Å². The van der Waals surface area contributed by atoms with Crippen LogP contribution in [0.4, 0.5) is 5.13 Å². The van der Waals surface area contributed by atoms with Crippen LogP contribution in [0.1, 0.15) is 26.0 Å². The molecule has 0 fully saturated rings. The fraction of sp³-hybridized carbons (Fsp3) is 0.545. The lowest BCUT2D eigenvalue weighted by atomic mass is 10.1. The molecule has 0 aliphatic carbocycles. The van der Waals surface area contributed by atoms with Crippen molar-refractivity contribution in [1.82, 2.24) is 4.98 Å². The summed E-state index contributed by atoms with van der Waals surface area (Å²) in [5, 5.41) is 3.35. The second-order valence-corrected chi connectivity index (χ2v) is 6.19. The van der Waals surface area contributed by atoms with Gasteiger partial charge in [-0.15, -0.1) is 11.8 Å². The Hall–Kier alpha value is -1.08. The maximum absolute atomic E-state index is 11.7. The van der Waals surface area contributed by atoms with Crippen LogP contribution in [0.25, 0.3) is 0 Å². The summed E-state index contributed by atoms with van der Waals surface area (Å²) in [6.45, 7) is 5.68. The number of primary amides is 1. The maximum Gasteiger partial charge on any atom is 0.228 e. The SMILES string of the molecule is CCC(C)C(=O)Nc1nc(C)c(SCC(N)=O)s1. The zero-order valence-corrected chi connectivity index (χ0v) is 12.3. The van der Waals surface area contributed by atoms with Gasteiger partial charge in [0.1, 0.15) is 0 Å². The standard InChI is InChI=1S/C11H17N3O2S2/c1-4-6(2)9(16)14-11-13-7(3)10(18-11)17-5-8(12)15/h6H,4-5H2,1-3H3,(H2,12,15)(H,13,14,16). The van der Waals surface area contributed by atoms with Gasteiger partial charge in [0, 0.05) is 5.92 Å². The van der Waals surface area contributed by atoms with E-state index in [0.29, 0.717) is 5.13 Å². The minimum Gasteiger partial charge on any atom is -0.369 e. The molecule has 1 aromatic rings. The van der Waals surface area contributed by atoms with E-state index in [1.54, 1.807) is 0 Å². The monoisotopic (exact) mass is 287 g/mol. The minimum absolute atomic E-state index is 0.0299. The average molecular weight is 287 g/mol. The number of rotatable bonds is 6. The normalized spacial score (nSPS) is 12.2. The zero-order valence-electron chi connectivity index (χ0n) is 10.6. The number of amides is 2. The third kappa shape index (κ3) is 4.30. The first-order valence-corrected chi connectivity index (χ1v) is 7.43. The molecule has 2 amide bonds. The molecule has 7 heteroatoms. The Bertz CT molecular complexity index is 445. The van der Waals surface area contributed by atoms with Crippen LogP contribution in [-0.2, 0) is 9.59 Å². The van der Waals surface area contributed by atoms with E-state index in [-0.39, 0.29) is 23.5 Å². The number of nitrogens with zero attached hydrogens (tertiary/aromatic N) is 1. The summed E-state index contributed by atoms with van der Waals surface area (Å²) in [5.74, 6) is -0.200. The van der Waals surface area contributed by atoms with Crippen molar-refractivity contribution in [3.8, 4) is 0 Å². The third-order valence-electron chi connectivity index (χ3n) is 2.39. The van der Waals surface area contributed by atoms with Crippen LogP contribution in [0.3, 0.4) is 0 Å². The number of carbonyl (C=O) groups is 2. The largest absolute Gasteiger partial charge is 0.369 e. The van der Waals surface area contributed by atoms with Gasteiger partial charge in [0.15, 0.2) is 5.13 Å². The van der Waals surface area contributed by atoms with E-state index in [1.165, 1.54) is 23.1 Å². The summed E-state index contributed by atoms with van der Waals surface area (Å²) in [7, 11) is 0. The molecule has 0 aromatic carbocycles. The number of carbonyl (C=O) groups excluding carboxylic acids is 2. The first kappa shape index (κ1) is 15.0. The van der Waals surface area contributed by atoms with Crippen molar-refractivity contribution in [3.63, 3.8) is 0 Å². The molecule has 0 saturated heterocycles. The van der Waals surface area contributed by atoms with Crippen molar-refractivity contribution >= 4 is 40.0 Å². The van der Waals surface area contributed by atoms with Gasteiger partial charge in [-0.25, -0.2) is 4.98 Å². The number of aryl methyl sites for hydroxylation is 1. The van der Waals surface area contributed by atoms with Crippen LogP contribution in [0.15, 0.2) is 4.21 Å². The fourth-order valence-electron chi connectivity index (χ4n) is 1.12. The van der Waals surface area contributed by atoms with E-state index in [9.17, 15) is 9.59 Å². The third-order valence-corrected chi connectivity index (χ3v) is 4.85. The summed E-state index contributed by atoms with van der Waals surface area (Å²) >= 11 is 2.72. The second-order valence-electron chi connectivity index (χ2n) is 3.95. The summed E-state index contributed by atoms with van der Waals surface area (Å²) in [6, 6.07) is 0. The van der Waals surface area contributed by atoms with Crippen molar-refractivity contribution in [1.29, 1.82) is 0 Å². The minimum atomic E-state index is -0.363. The van der Waals surface area contributed by atoms with Gasteiger partial charge in [-0.2, -0.15) is 0 Å². The molecular weight excluding hydrogens is 270 g/mol. The van der Waals surface area contributed by atoms with Gasteiger partial charge in [0.2, 0.25) is 11.8 Å². The molecule has 1 unspecified atom stereocenters. The molecule has 0 aliphatic rings. The number of hydrogen-bond acceptors (Lipinski definition) is 5. The first-order valence-electron chi connectivity index (χ1n) is 5.63. The van der Waals surface area contributed by atoms with E-state index in [2.05, 4.69) is 10.3 Å². The van der Waals surface area contributed by atoms with Crippen LogP contribution in [0.2, 0.25) is 0 Å². The molecule has 3 N–H and O–H groups in total. The highest BCUT2D eigenvalue weighted by molar-refractivity contribution is 8.01. The molecule has 0 spiro atoms. The molecule has 5 nitrogen and oxygen atoms in total. The molecule has 1 atom stereocenters. The lowest BCUT2D eigenvalue weighted by Crippen LogP contribution is -2.19. The first-order chi connectivity index (χ1) is 8.43. The fourth-order valence-corrected chi connectivity index (χ4v) is 3.00. The topological polar surface area (TPSA) is 85.1 Å². The van der Waals surface area contributed by atoms with Crippen molar-refractivity contribution in [2.45, 2.75) is 31.4 Å². The number of thiazole rings is 1. The zero-order chi connectivity index (χ0) is 13.7. The van der Waals surface area contributed by atoms with Crippen LogP contribution in [0, 0.1) is 12.8 Å². The summed E-state index contributed by atoms with van der Waals surface area (Å²) in [4.78, 5) is 26.7. The molecule has 0 radical (unpaired) electrons. The molecule has 18 heavy (non-hydrogen) atoms. The highest BCUT2D eigenvalue weighted by Gasteiger charge is 2.14. The summed E-state index contributed by atoms with van der Waals surface area (Å²) in [5.41, 5.74) is 5.90. The Morgan fingerprint density at radius 2 is 2.22 bits per heavy atom. The smallest absolute Gasteiger partial charge is 0.228 e. The van der Waals surface area contributed by atoms with E-state index in [0.717, 1.165) is 16.3 Å². The molecule has 1 aromatic heterocycles. The second kappa shape index (κ2) is 6.75. The van der Waals surface area contributed by atoms with Crippen LogP contribution in [-0.4, -0.2) is 22.6 Å². The molecule has 1 heterocycles. The lowest BCUT2D eigenvalue weighted by molar-refractivity contribution is -0.119. The van der Waals surface area contributed by atoms with Crippen LogP contribution in [0.5, 0.6) is 0 Å². The van der Waals surface area contributed by atoms with Crippen molar-refractivity contribution in [3.05, 3.63) is 5.69 Å². The number of thioether (sulfide) groups is 1. The van der Waals surface area contributed by atoms with Gasteiger partial charge in [-0.1, -0.05) is 25.2 Å². The van der Waals surface area contributed by atoms with Crippen molar-refractivity contribution < 1.29 is 9.59 Å². The molecule has 0 aliphatic heterocycles. The van der Waals surface area contributed by atoms with Gasteiger partial charge >= 0.3 is 0 Å². The number of nitrogens with one attached hydrogen (secondary N) is 1. The summed E-state index contributed by atoms with van der Waals surface area (Å²) in [6.07, 6.45) is 0.791. The summed E-state index contributed by atoms with van der Waals surface area (Å²) < 4.78 is 0.910. The molecule has 0 saturated carbocycles. The Morgan fingerprint density at radius 1 is 1.56 bits per heavy atom. The Balaban J connectivity index is 2.66. The maximum atomic E-state index is 11.7. The number of anilines is 1. The van der Waals surface area contributed by atoms with Crippen LogP contribution >= 0.6 is 23.1 Å². The van der Waals surface area contributed by atoms with E-state index in [4.69, 9.17) is 5.73 Å². The van der Waals surface area contributed by atoms with Gasteiger partial charge < -0.3 is 11.1 Å². The Kier molecular flexibility index (Phi) is 5.61. The van der Waals surface area contributed by atoms with Gasteiger partial charge in [0.05, 0.1) is 15.7 Å². The Labute approximate surface area is 115 Å². The van der Waals surface area contributed by atoms with E-state index >= 15 is 0 Å². The number of nitrogens with two attached hydrogens (primary N) is 1. The van der Waals surface area contributed by atoms with Crippen molar-refractivity contribution in [2.24, 2.45) is 11.7 Å². The van der Waals surface area contributed by atoms with Gasteiger partial charge in [0.25, 0.3) is 0 Å². The lowest BCUT2D eigenvalue weighted by Gasteiger charge is -2.06. The van der Waals surface area contributed by atoms with E-state index < -0.39 is 0 Å². The predicted molar refractivity (Wildman–Crippen MR) is 74.9 cm³/mol. The van der Waals surface area contributed by atoms with E-state index in [1.807, 2.05) is 20.8 Å². The van der Waals surface area contributed by atoms with Crippen LogP contribution < -0.4 is 11.1 Å². The molecule has 1 rings (SSSR count). The number of hydrogen-bond donors (Lipinski definition) is 2. The van der Waals surface area contributed by atoms with Gasteiger partial charge in [-0.05, 0) is 13.3 Å². The highest BCUT2D eigenvalue weighted by Crippen LogP contribution is 2.32. The quantitative estimate of drug-likeness (QED) is 0.784. The molecular formula is C11H17N3O2S2. The highest BCUT2D eigenvalue weighted by atomic mass is 32.2. The molecule has 100 valence electrons. The molecule has 0 bridgehead atoms. The Morgan fingerprint density at radius 3 is 2.78 bits per heavy atom. The predicted octanol–water partition coefficient (Wildman–Crippen LogP) is 2.01. The average Bonchev–Trinajstić information content (AvgIpc) is 2.65.